The molecule has 1 aromatic carbocycles. The van der Waals surface area contributed by atoms with E-state index in [4.69, 9.17) is 15.2 Å². The minimum absolute atomic E-state index is 0.166. The van der Waals surface area contributed by atoms with Crippen molar-refractivity contribution >= 4 is 5.91 Å². The molecule has 1 heterocycles. The fourth-order valence-corrected chi connectivity index (χ4v) is 2.10. The predicted molar refractivity (Wildman–Crippen MR) is 72.7 cm³/mol. The number of carbonyl (C=O) groups excluding carboxylic acids is 1. The van der Waals surface area contributed by atoms with Crippen LogP contribution in [0.5, 0.6) is 11.5 Å². The first-order chi connectivity index (χ1) is 9.95. The molecule has 0 saturated carbocycles. The highest BCUT2D eigenvalue weighted by Crippen LogP contribution is 2.30. The summed E-state index contributed by atoms with van der Waals surface area (Å²) in [6, 6.07) is 5.31. The first-order valence-electron chi connectivity index (χ1n) is 6.60. The van der Waals surface area contributed by atoms with E-state index in [1.165, 1.54) is 0 Å². The first-order valence-corrected chi connectivity index (χ1v) is 6.60. The summed E-state index contributed by atoms with van der Waals surface area (Å²) in [6.07, 6.45) is 0.423. The lowest BCUT2D eigenvalue weighted by Crippen LogP contribution is -2.45. The van der Waals surface area contributed by atoms with E-state index in [0.717, 1.165) is 5.56 Å². The van der Waals surface area contributed by atoms with Gasteiger partial charge < -0.3 is 20.5 Å². The molecule has 0 bridgehead atoms. The average molecular weight is 300 g/mol. The molecule has 0 saturated heterocycles. The number of amides is 1. The molecule has 21 heavy (non-hydrogen) atoms. The third-order valence-electron chi connectivity index (χ3n) is 3.36. The highest BCUT2D eigenvalue weighted by atomic mass is 19.3. The Morgan fingerprint density at radius 2 is 2.33 bits per heavy atom. The standard InChI is InChI=1S/C14H18F2N2O3/c1-20-11-2-3-12-9(5-11)4-10(6-21-12)13(19)18-8-14(15,16)7-17/h2-3,5,10H,4,6-8,17H2,1H3,(H,18,19). The van der Waals surface area contributed by atoms with Crippen LogP contribution in [0.15, 0.2) is 18.2 Å². The van der Waals surface area contributed by atoms with E-state index < -0.39 is 30.8 Å². The van der Waals surface area contributed by atoms with Crippen LogP contribution in [-0.2, 0) is 11.2 Å². The van der Waals surface area contributed by atoms with E-state index in [1.54, 1.807) is 25.3 Å². The zero-order valence-corrected chi connectivity index (χ0v) is 11.7. The van der Waals surface area contributed by atoms with Crippen LogP contribution in [0.25, 0.3) is 0 Å². The van der Waals surface area contributed by atoms with Crippen LogP contribution in [0.3, 0.4) is 0 Å². The van der Waals surface area contributed by atoms with Crippen molar-refractivity contribution in [1.29, 1.82) is 0 Å². The van der Waals surface area contributed by atoms with E-state index in [-0.39, 0.29) is 6.61 Å². The van der Waals surface area contributed by atoms with Gasteiger partial charge in [0.25, 0.3) is 5.92 Å². The van der Waals surface area contributed by atoms with E-state index in [0.29, 0.717) is 17.9 Å². The number of rotatable bonds is 5. The van der Waals surface area contributed by atoms with Crippen LogP contribution < -0.4 is 20.5 Å². The summed E-state index contributed by atoms with van der Waals surface area (Å²) >= 11 is 0. The minimum atomic E-state index is -3.09. The third kappa shape index (κ3) is 3.81. The maximum atomic E-state index is 13.0. The molecule has 3 N–H and O–H groups in total. The summed E-state index contributed by atoms with van der Waals surface area (Å²) < 4.78 is 36.7. The molecule has 1 amide bonds. The Kier molecular flexibility index (Phi) is 4.62. The van der Waals surface area contributed by atoms with Gasteiger partial charge in [-0.2, -0.15) is 0 Å². The van der Waals surface area contributed by atoms with Gasteiger partial charge in [0.2, 0.25) is 5.91 Å². The summed E-state index contributed by atoms with van der Waals surface area (Å²) in [7, 11) is 1.55. The Hall–Kier alpha value is -1.89. The Labute approximate surface area is 121 Å². The lowest BCUT2D eigenvalue weighted by Gasteiger charge is -2.25. The second-order valence-electron chi connectivity index (χ2n) is 4.96. The van der Waals surface area contributed by atoms with Gasteiger partial charge in [-0.25, -0.2) is 8.78 Å². The van der Waals surface area contributed by atoms with Crippen LogP contribution in [0.2, 0.25) is 0 Å². The normalized spacial score (nSPS) is 17.6. The number of fused-ring (bicyclic) bond motifs is 1. The topological polar surface area (TPSA) is 73.6 Å². The lowest BCUT2D eigenvalue weighted by molar-refractivity contribution is -0.128. The van der Waals surface area contributed by atoms with Crippen LogP contribution in [0.4, 0.5) is 8.78 Å². The number of methoxy groups -OCH3 is 1. The number of nitrogens with one attached hydrogen (secondary N) is 1. The number of hydrogen-bond acceptors (Lipinski definition) is 4. The van der Waals surface area contributed by atoms with E-state index in [9.17, 15) is 13.6 Å². The van der Waals surface area contributed by atoms with E-state index in [1.807, 2.05) is 0 Å². The summed E-state index contributed by atoms with van der Waals surface area (Å²) in [6.45, 7) is -1.39. The number of alkyl halides is 2. The maximum absolute atomic E-state index is 13.0. The number of nitrogens with two attached hydrogens (primary N) is 1. The molecule has 1 aromatic rings. The highest BCUT2D eigenvalue weighted by molar-refractivity contribution is 5.79. The van der Waals surface area contributed by atoms with Gasteiger partial charge in [-0.05, 0) is 30.2 Å². The Bertz CT molecular complexity index is 523. The van der Waals surface area contributed by atoms with Crippen molar-refractivity contribution in [2.75, 3.05) is 26.8 Å². The van der Waals surface area contributed by atoms with Gasteiger partial charge in [0.1, 0.15) is 18.1 Å². The molecule has 5 nitrogen and oxygen atoms in total. The molecule has 1 aliphatic heterocycles. The molecule has 116 valence electrons. The number of benzene rings is 1. The fraction of sp³-hybridized carbons (Fsp3) is 0.500. The highest BCUT2D eigenvalue weighted by Gasteiger charge is 2.31. The molecule has 0 aromatic heterocycles. The molecule has 1 atom stereocenters. The molecule has 0 radical (unpaired) electrons. The second-order valence-corrected chi connectivity index (χ2v) is 4.96. The van der Waals surface area contributed by atoms with Gasteiger partial charge in [-0.15, -0.1) is 0 Å². The van der Waals surface area contributed by atoms with Crippen molar-refractivity contribution in [3.05, 3.63) is 23.8 Å². The molecule has 0 spiro atoms. The first kappa shape index (κ1) is 15.5. The second kappa shape index (κ2) is 6.26. The lowest BCUT2D eigenvalue weighted by atomic mass is 9.95. The molecule has 2 rings (SSSR count). The van der Waals surface area contributed by atoms with Crippen LogP contribution in [0.1, 0.15) is 5.56 Å². The fourth-order valence-electron chi connectivity index (χ4n) is 2.10. The average Bonchev–Trinajstić information content (AvgIpc) is 2.51. The molecule has 7 heteroatoms. The van der Waals surface area contributed by atoms with Gasteiger partial charge >= 0.3 is 0 Å². The number of carbonyl (C=O) groups is 1. The maximum Gasteiger partial charge on any atom is 0.277 e. The van der Waals surface area contributed by atoms with Gasteiger partial charge in [0.15, 0.2) is 0 Å². The molecule has 0 fully saturated rings. The van der Waals surface area contributed by atoms with Crippen LogP contribution in [0, 0.1) is 5.92 Å². The Morgan fingerprint density at radius 3 is 3.00 bits per heavy atom. The Morgan fingerprint density at radius 1 is 1.57 bits per heavy atom. The Balaban J connectivity index is 1.98. The van der Waals surface area contributed by atoms with Gasteiger partial charge in [0.05, 0.1) is 26.1 Å². The quantitative estimate of drug-likeness (QED) is 0.849. The van der Waals surface area contributed by atoms with Crippen LogP contribution >= 0.6 is 0 Å². The predicted octanol–water partition coefficient (Wildman–Crippen LogP) is 0.956. The van der Waals surface area contributed by atoms with Crippen molar-refractivity contribution in [2.24, 2.45) is 11.7 Å². The molecule has 0 aliphatic carbocycles. The van der Waals surface area contributed by atoms with E-state index in [2.05, 4.69) is 5.32 Å². The third-order valence-corrected chi connectivity index (χ3v) is 3.36. The van der Waals surface area contributed by atoms with Gasteiger partial charge in [-0.3, -0.25) is 4.79 Å². The number of hydrogen-bond donors (Lipinski definition) is 2. The smallest absolute Gasteiger partial charge is 0.277 e. The van der Waals surface area contributed by atoms with Crippen molar-refractivity contribution in [3.8, 4) is 11.5 Å². The molecular formula is C14H18F2N2O3. The molecular weight excluding hydrogens is 282 g/mol. The number of halogens is 2. The van der Waals surface area contributed by atoms with Gasteiger partial charge in [0, 0.05) is 0 Å². The molecule has 1 aliphatic rings. The van der Waals surface area contributed by atoms with Crippen molar-refractivity contribution < 1.29 is 23.0 Å². The molecule has 1 unspecified atom stereocenters. The van der Waals surface area contributed by atoms with Crippen molar-refractivity contribution in [2.45, 2.75) is 12.3 Å². The zero-order valence-electron chi connectivity index (χ0n) is 11.7. The summed E-state index contributed by atoms with van der Waals surface area (Å²) in [5.74, 6) is -2.71. The van der Waals surface area contributed by atoms with Crippen molar-refractivity contribution in [1.82, 2.24) is 5.32 Å². The summed E-state index contributed by atoms with van der Waals surface area (Å²) in [5.41, 5.74) is 5.75. The monoisotopic (exact) mass is 300 g/mol. The minimum Gasteiger partial charge on any atom is -0.497 e. The SMILES string of the molecule is COc1ccc2c(c1)CC(C(=O)NCC(F)(F)CN)CO2. The zero-order chi connectivity index (χ0) is 15.5. The largest absolute Gasteiger partial charge is 0.497 e. The number of ether oxygens (including phenoxy) is 2. The summed E-state index contributed by atoms with van der Waals surface area (Å²) in [5, 5.41) is 2.22. The van der Waals surface area contributed by atoms with Crippen LogP contribution in [-0.4, -0.2) is 38.6 Å². The van der Waals surface area contributed by atoms with E-state index >= 15 is 0 Å². The van der Waals surface area contributed by atoms with Gasteiger partial charge in [-0.1, -0.05) is 0 Å². The van der Waals surface area contributed by atoms with Crippen molar-refractivity contribution in [3.63, 3.8) is 0 Å². The summed E-state index contributed by atoms with van der Waals surface area (Å²) in [4.78, 5) is 11.9.